The van der Waals surface area contributed by atoms with Crippen molar-refractivity contribution in [2.24, 2.45) is 4.99 Å². The number of rotatable bonds is 3. The zero-order valence-corrected chi connectivity index (χ0v) is 14.0. The molecule has 0 saturated carbocycles. The van der Waals surface area contributed by atoms with Crippen molar-refractivity contribution in [2.75, 3.05) is 0 Å². The molecule has 4 rings (SSSR count). The summed E-state index contributed by atoms with van der Waals surface area (Å²) in [5.74, 6) is 0.540. The summed E-state index contributed by atoms with van der Waals surface area (Å²) < 4.78 is 5.73. The Morgan fingerprint density at radius 3 is 2.62 bits per heavy atom. The van der Waals surface area contributed by atoms with E-state index in [1.165, 1.54) is 6.07 Å². The van der Waals surface area contributed by atoms with Crippen LogP contribution in [0.3, 0.4) is 0 Å². The second-order valence-corrected chi connectivity index (χ2v) is 6.01. The molecule has 0 saturated heterocycles. The van der Waals surface area contributed by atoms with Crippen molar-refractivity contribution in [2.45, 2.75) is 6.92 Å². The number of fused-ring (bicyclic) bond motifs is 1. The molecular weight excluding hydrogens is 328 g/mol. The summed E-state index contributed by atoms with van der Waals surface area (Å²) >= 11 is 0. The van der Waals surface area contributed by atoms with Gasteiger partial charge in [0.25, 0.3) is 0 Å². The van der Waals surface area contributed by atoms with Gasteiger partial charge in [0, 0.05) is 17.8 Å². The molecule has 1 aromatic heterocycles. The standard InChI is InChI=1S/C21H16N2O3/c1-13-6-9-20-17(10-13)23-21(26-20)16-8-7-15(11-19(16)25)22-12-14-4-2-3-5-18(14)24/h2-12,24-25H,1H3. The maximum atomic E-state index is 10.4. The molecule has 0 aliphatic heterocycles. The predicted molar refractivity (Wildman–Crippen MR) is 101 cm³/mol. The molecule has 5 nitrogen and oxygen atoms in total. The van der Waals surface area contributed by atoms with Crippen LogP contribution in [-0.4, -0.2) is 21.4 Å². The Kier molecular flexibility index (Phi) is 3.89. The molecule has 0 aliphatic carbocycles. The first-order valence-electron chi connectivity index (χ1n) is 8.13. The molecular formula is C21H16N2O3. The van der Waals surface area contributed by atoms with E-state index < -0.39 is 0 Å². The summed E-state index contributed by atoms with van der Waals surface area (Å²) in [4.78, 5) is 8.73. The number of oxazole rings is 1. The number of nitrogens with zero attached hydrogens (tertiary/aromatic N) is 2. The van der Waals surface area contributed by atoms with Crippen molar-refractivity contribution in [3.63, 3.8) is 0 Å². The third kappa shape index (κ3) is 3.02. The van der Waals surface area contributed by atoms with Gasteiger partial charge in [-0.25, -0.2) is 4.98 Å². The van der Waals surface area contributed by atoms with Gasteiger partial charge < -0.3 is 14.6 Å². The highest BCUT2D eigenvalue weighted by atomic mass is 16.3. The molecule has 0 bridgehead atoms. The minimum absolute atomic E-state index is 0.0280. The number of benzene rings is 3. The molecule has 3 aromatic carbocycles. The Bertz CT molecular complexity index is 1130. The van der Waals surface area contributed by atoms with E-state index in [9.17, 15) is 10.2 Å². The smallest absolute Gasteiger partial charge is 0.231 e. The van der Waals surface area contributed by atoms with Crippen LogP contribution in [-0.2, 0) is 0 Å². The molecule has 4 aromatic rings. The van der Waals surface area contributed by atoms with Gasteiger partial charge in [-0.2, -0.15) is 0 Å². The maximum absolute atomic E-state index is 10.4. The van der Waals surface area contributed by atoms with Gasteiger partial charge in [0.2, 0.25) is 5.89 Å². The average Bonchev–Trinajstić information content (AvgIpc) is 3.04. The Hall–Kier alpha value is -3.60. The van der Waals surface area contributed by atoms with E-state index in [1.807, 2.05) is 31.2 Å². The van der Waals surface area contributed by atoms with Crippen LogP contribution in [0.4, 0.5) is 5.69 Å². The molecule has 0 atom stereocenters. The summed E-state index contributed by atoms with van der Waals surface area (Å²) in [7, 11) is 0. The lowest BCUT2D eigenvalue weighted by Crippen LogP contribution is -1.82. The van der Waals surface area contributed by atoms with Crippen LogP contribution in [0, 0.1) is 6.92 Å². The van der Waals surface area contributed by atoms with Crippen molar-refractivity contribution >= 4 is 23.0 Å². The maximum Gasteiger partial charge on any atom is 0.231 e. The Morgan fingerprint density at radius 2 is 1.81 bits per heavy atom. The van der Waals surface area contributed by atoms with E-state index >= 15 is 0 Å². The molecule has 128 valence electrons. The van der Waals surface area contributed by atoms with Crippen LogP contribution in [0.5, 0.6) is 11.5 Å². The van der Waals surface area contributed by atoms with Gasteiger partial charge in [-0.15, -0.1) is 0 Å². The van der Waals surface area contributed by atoms with Crippen LogP contribution in [0.2, 0.25) is 0 Å². The van der Waals surface area contributed by atoms with Crippen molar-refractivity contribution in [3.8, 4) is 23.0 Å². The SMILES string of the molecule is Cc1ccc2oc(-c3ccc(N=Cc4ccccc4O)cc3O)nc2c1. The number of phenolic OH excluding ortho intramolecular Hbond substituents is 2. The third-order valence-electron chi connectivity index (χ3n) is 4.04. The molecule has 0 fully saturated rings. The summed E-state index contributed by atoms with van der Waals surface area (Å²) in [6.45, 7) is 1.99. The topological polar surface area (TPSA) is 78.9 Å². The normalized spacial score (nSPS) is 11.4. The fourth-order valence-electron chi connectivity index (χ4n) is 2.67. The Morgan fingerprint density at radius 1 is 0.962 bits per heavy atom. The van der Waals surface area contributed by atoms with Crippen LogP contribution >= 0.6 is 0 Å². The van der Waals surface area contributed by atoms with E-state index in [0.29, 0.717) is 28.3 Å². The minimum Gasteiger partial charge on any atom is -0.507 e. The van der Waals surface area contributed by atoms with Crippen LogP contribution in [0.15, 0.2) is 70.1 Å². The lowest BCUT2D eigenvalue weighted by atomic mass is 10.1. The molecule has 5 heteroatoms. The summed E-state index contributed by atoms with van der Waals surface area (Å²) in [5.41, 5.74) is 4.18. The van der Waals surface area contributed by atoms with Crippen LogP contribution in [0.25, 0.3) is 22.6 Å². The van der Waals surface area contributed by atoms with Crippen LogP contribution in [0.1, 0.15) is 11.1 Å². The first kappa shape index (κ1) is 15.9. The zero-order valence-electron chi connectivity index (χ0n) is 14.0. The fraction of sp³-hybridized carbons (Fsp3) is 0.0476. The van der Waals surface area contributed by atoms with E-state index in [-0.39, 0.29) is 11.5 Å². The number of para-hydroxylation sites is 1. The molecule has 0 spiro atoms. The number of hydrogen-bond donors (Lipinski definition) is 2. The Balaban J connectivity index is 1.66. The molecule has 0 unspecified atom stereocenters. The number of aromatic hydroxyl groups is 2. The van der Waals surface area contributed by atoms with Crippen LogP contribution < -0.4 is 0 Å². The van der Waals surface area contributed by atoms with Crippen molar-refractivity contribution in [1.82, 2.24) is 4.98 Å². The monoisotopic (exact) mass is 344 g/mol. The second kappa shape index (κ2) is 6.37. The lowest BCUT2D eigenvalue weighted by Gasteiger charge is -2.02. The van der Waals surface area contributed by atoms with Gasteiger partial charge in [0.1, 0.15) is 17.0 Å². The lowest BCUT2D eigenvalue weighted by molar-refractivity contribution is 0.474. The average molecular weight is 344 g/mol. The second-order valence-electron chi connectivity index (χ2n) is 6.01. The molecule has 0 radical (unpaired) electrons. The van der Waals surface area contributed by atoms with Gasteiger partial charge in [-0.1, -0.05) is 18.2 Å². The minimum atomic E-state index is 0.0280. The summed E-state index contributed by atoms with van der Waals surface area (Å²) in [6.07, 6.45) is 1.55. The van der Waals surface area contributed by atoms with Gasteiger partial charge in [-0.05, 0) is 48.9 Å². The quantitative estimate of drug-likeness (QED) is 0.515. The number of aliphatic imine (C=N–C) groups is 1. The highest BCUT2D eigenvalue weighted by molar-refractivity contribution is 5.85. The first-order chi connectivity index (χ1) is 12.6. The van der Waals surface area contributed by atoms with Gasteiger partial charge in [0.15, 0.2) is 5.58 Å². The van der Waals surface area contributed by atoms with Gasteiger partial charge >= 0.3 is 0 Å². The van der Waals surface area contributed by atoms with Crippen molar-refractivity contribution in [3.05, 3.63) is 71.8 Å². The van der Waals surface area contributed by atoms with Gasteiger partial charge in [-0.3, -0.25) is 4.99 Å². The van der Waals surface area contributed by atoms with Gasteiger partial charge in [0.05, 0.1) is 11.3 Å². The highest BCUT2D eigenvalue weighted by Crippen LogP contribution is 2.34. The third-order valence-corrected chi connectivity index (χ3v) is 4.04. The molecule has 0 aliphatic rings. The first-order valence-corrected chi connectivity index (χ1v) is 8.13. The van der Waals surface area contributed by atoms with Crippen molar-refractivity contribution < 1.29 is 14.6 Å². The Labute approximate surface area is 149 Å². The fourth-order valence-corrected chi connectivity index (χ4v) is 2.67. The summed E-state index contributed by atoms with van der Waals surface area (Å²) in [6, 6.07) is 17.7. The van der Waals surface area contributed by atoms with Crippen molar-refractivity contribution in [1.29, 1.82) is 0 Å². The predicted octanol–water partition coefficient (Wildman–Crippen LogP) is 4.97. The van der Waals surface area contributed by atoms with E-state index in [0.717, 1.165) is 11.1 Å². The number of aromatic nitrogens is 1. The zero-order chi connectivity index (χ0) is 18.1. The summed E-state index contributed by atoms with van der Waals surface area (Å²) in [5, 5.41) is 20.1. The molecule has 26 heavy (non-hydrogen) atoms. The molecule has 0 amide bonds. The number of aryl methyl sites for hydroxylation is 1. The van der Waals surface area contributed by atoms with E-state index in [2.05, 4.69) is 9.98 Å². The highest BCUT2D eigenvalue weighted by Gasteiger charge is 2.12. The number of hydrogen-bond acceptors (Lipinski definition) is 5. The van der Waals surface area contributed by atoms with E-state index in [4.69, 9.17) is 4.42 Å². The molecule has 2 N–H and O–H groups in total. The largest absolute Gasteiger partial charge is 0.507 e. The number of phenols is 2. The van der Waals surface area contributed by atoms with E-state index in [1.54, 1.807) is 36.5 Å². The molecule has 1 heterocycles.